The van der Waals surface area contributed by atoms with Crippen LogP contribution in [0.15, 0.2) is 36.5 Å². The summed E-state index contributed by atoms with van der Waals surface area (Å²) < 4.78 is 23.6. The Morgan fingerprint density at radius 3 is 2.44 bits per heavy atom. The fourth-order valence-corrected chi connectivity index (χ4v) is 2.79. The molecular weight excluding hydrogens is 325 g/mol. The summed E-state index contributed by atoms with van der Waals surface area (Å²) in [4.78, 5) is 20.9. The van der Waals surface area contributed by atoms with Crippen LogP contribution in [-0.2, 0) is 0 Å². The zero-order valence-corrected chi connectivity index (χ0v) is 14.2. The number of piperazine rings is 1. The van der Waals surface area contributed by atoms with Gasteiger partial charge in [0.1, 0.15) is 11.6 Å². The molecule has 0 saturated carbocycles. The van der Waals surface area contributed by atoms with E-state index in [2.05, 4.69) is 9.88 Å². The van der Waals surface area contributed by atoms with Gasteiger partial charge in [0.05, 0.1) is 20.4 Å². The van der Waals surface area contributed by atoms with Gasteiger partial charge in [-0.25, -0.2) is 9.37 Å². The number of carbonyl (C=O) groups excluding carboxylic acids is 1. The molecule has 6 nitrogen and oxygen atoms in total. The van der Waals surface area contributed by atoms with Crippen LogP contribution in [0.3, 0.4) is 0 Å². The molecule has 0 bridgehead atoms. The van der Waals surface area contributed by atoms with Gasteiger partial charge in [-0.15, -0.1) is 0 Å². The van der Waals surface area contributed by atoms with E-state index >= 15 is 0 Å². The van der Waals surface area contributed by atoms with Crippen LogP contribution in [0.5, 0.6) is 11.5 Å². The van der Waals surface area contributed by atoms with Gasteiger partial charge in [0.15, 0.2) is 11.6 Å². The molecule has 3 rings (SSSR count). The summed E-state index contributed by atoms with van der Waals surface area (Å²) in [5.74, 6) is 1.04. The summed E-state index contributed by atoms with van der Waals surface area (Å²) in [6, 6.07) is 7.95. The van der Waals surface area contributed by atoms with Crippen molar-refractivity contribution in [3.05, 3.63) is 47.9 Å². The van der Waals surface area contributed by atoms with Crippen molar-refractivity contribution in [2.24, 2.45) is 0 Å². The van der Waals surface area contributed by atoms with Gasteiger partial charge < -0.3 is 19.3 Å². The smallest absolute Gasteiger partial charge is 0.254 e. The molecule has 25 heavy (non-hydrogen) atoms. The lowest BCUT2D eigenvalue weighted by Crippen LogP contribution is -2.49. The molecule has 7 heteroatoms. The monoisotopic (exact) mass is 345 g/mol. The van der Waals surface area contributed by atoms with Crippen molar-refractivity contribution in [1.29, 1.82) is 0 Å². The molecule has 1 aliphatic rings. The normalized spacial score (nSPS) is 14.4. The number of carbonyl (C=O) groups is 1. The van der Waals surface area contributed by atoms with Crippen LogP contribution in [0.4, 0.5) is 10.2 Å². The molecule has 1 amide bonds. The fraction of sp³-hybridized carbons (Fsp3) is 0.333. The minimum Gasteiger partial charge on any atom is -0.495 e. The third-order valence-electron chi connectivity index (χ3n) is 4.25. The number of halogens is 1. The molecule has 0 aliphatic carbocycles. The van der Waals surface area contributed by atoms with E-state index in [1.807, 2.05) is 12.1 Å². The molecule has 1 aliphatic heterocycles. The third kappa shape index (κ3) is 3.65. The molecule has 1 fully saturated rings. The Morgan fingerprint density at radius 2 is 1.84 bits per heavy atom. The molecule has 0 N–H and O–H groups in total. The minimum absolute atomic E-state index is 0.0759. The van der Waals surface area contributed by atoms with Crippen molar-refractivity contribution in [3.63, 3.8) is 0 Å². The van der Waals surface area contributed by atoms with E-state index < -0.39 is 5.82 Å². The van der Waals surface area contributed by atoms with Gasteiger partial charge in [-0.05, 0) is 30.3 Å². The number of amides is 1. The summed E-state index contributed by atoms with van der Waals surface area (Å²) in [5, 5.41) is 0. The van der Waals surface area contributed by atoms with Crippen LogP contribution in [0, 0.1) is 5.82 Å². The van der Waals surface area contributed by atoms with Crippen molar-refractivity contribution in [2.75, 3.05) is 45.3 Å². The van der Waals surface area contributed by atoms with Gasteiger partial charge in [-0.1, -0.05) is 0 Å². The Hall–Kier alpha value is -2.83. The van der Waals surface area contributed by atoms with Gasteiger partial charge >= 0.3 is 0 Å². The molecule has 1 aromatic heterocycles. The van der Waals surface area contributed by atoms with Crippen LogP contribution in [0.25, 0.3) is 0 Å². The van der Waals surface area contributed by atoms with Gasteiger partial charge in [0, 0.05) is 31.7 Å². The molecule has 0 radical (unpaired) electrons. The number of ether oxygens (including phenoxy) is 2. The van der Waals surface area contributed by atoms with E-state index in [9.17, 15) is 9.18 Å². The van der Waals surface area contributed by atoms with Crippen LogP contribution >= 0.6 is 0 Å². The van der Waals surface area contributed by atoms with E-state index in [-0.39, 0.29) is 11.7 Å². The van der Waals surface area contributed by atoms with Gasteiger partial charge in [0.25, 0.3) is 5.91 Å². The molecule has 0 spiro atoms. The minimum atomic E-state index is -0.477. The molecular formula is C18H20FN3O3. The highest BCUT2D eigenvalue weighted by molar-refractivity contribution is 5.94. The maximum Gasteiger partial charge on any atom is 0.254 e. The Bertz CT molecular complexity index is 744. The average Bonchev–Trinajstić information content (AvgIpc) is 2.68. The second kappa shape index (κ2) is 7.38. The summed E-state index contributed by atoms with van der Waals surface area (Å²) >= 11 is 0. The molecule has 1 aromatic carbocycles. The Morgan fingerprint density at radius 1 is 1.08 bits per heavy atom. The Labute approximate surface area is 145 Å². The van der Waals surface area contributed by atoms with Crippen molar-refractivity contribution in [3.8, 4) is 11.5 Å². The van der Waals surface area contributed by atoms with Crippen molar-refractivity contribution < 1.29 is 18.7 Å². The first kappa shape index (κ1) is 17.0. The second-order valence-electron chi connectivity index (χ2n) is 5.68. The van der Waals surface area contributed by atoms with E-state index in [1.165, 1.54) is 25.3 Å². The summed E-state index contributed by atoms with van der Waals surface area (Å²) in [7, 11) is 2.98. The lowest BCUT2D eigenvalue weighted by atomic mass is 10.1. The molecule has 2 aromatic rings. The van der Waals surface area contributed by atoms with Crippen molar-refractivity contribution in [1.82, 2.24) is 9.88 Å². The third-order valence-corrected chi connectivity index (χ3v) is 4.25. The topological polar surface area (TPSA) is 54.9 Å². The first-order valence-electron chi connectivity index (χ1n) is 8.00. The maximum absolute atomic E-state index is 13.5. The number of benzene rings is 1. The quantitative estimate of drug-likeness (QED) is 0.850. The predicted octanol–water partition coefficient (Wildman–Crippen LogP) is 2.20. The van der Waals surface area contributed by atoms with Crippen LogP contribution in [0.2, 0.25) is 0 Å². The Balaban J connectivity index is 1.64. The standard InChI is InChI=1S/C18H20FN3O3/c1-24-14-4-6-17(20-12-14)21-7-9-22(10-8-21)18(23)13-3-5-15(19)16(11-13)25-2/h3-6,11-12H,7-10H2,1-2H3. The van der Waals surface area contributed by atoms with E-state index in [0.717, 1.165) is 5.82 Å². The van der Waals surface area contributed by atoms with Gasteiger partial charge in [-0.3, -0.25) is 4.79 Å². The molecule has 0 atom stereocenters. The van der Waals surface area contributed by atoms with Crippen LogP contribution in [0.1, 0.15) is 10.4 Å². The highest BCUT2D eigenvalue weighted by Crippen LogP contribution is 2.21. The largest absolute Gasteiger partial charge is 0.495 e. The summed E-state index contributed by atoms with van der Waals surface area (Å²) in [6.07, 6.45) is 1.68. The number of aromatic nitrogens is 1. The number of hydrogen-bond donors (Lipinski definition) is 0. The molecule has 2 heterocycles. The summed E-state index contributed by atoms with van der Waals surface area (Å²) in [6.45, 7) is 2.52. The Kier molecular flexibility index (Phi) is 5.02. The van der Waals surface area contributed by atoms with Crippen molar-refractivity contribution in [2.45, 2.75) is 0 Å². The highest BCUT2D eigenvalue weighted by Gasteiger charge is 2.23. The predicted molar refractivity (Wildman–Crippen MR) is 91.9 cm³/mol. The zero-order valence-electron chi connectivity index (χ0n) is 14.2. The van der Waals surface area contributed by atoms with Gasteiger partial charge in [-0.2, -0.15) is 0 Å². The van der Waals surface area contributed by atoms with Gasteiger partial charge in [0.2, 0.25) is 0 Å². The number of pyridine rings is 1. The lowest BCUT2D eigenvalue weighted by molar-refractivity contribution is 0.0746. The van der Waals surface area contributed by atoms with E-state index in [4.69, 9.17) is 9.47 Å². The molecule has 132 valence electrons. The molecule has 0 unspecified atom stereocenters. The number of rotatable bonds is 4. The SMILES string of the molecule is COc1ccc(N2CCN(C(=O)c3ccc(F)c(OC)c3)CC2)nc1. The highest BCUT2D eigenvalue weighted by atomic mass is 19.1. The first-order valence-corrected chi connectivity index (χ1v) is 8.00. The van der Waals surface area contributed by atoms with E-state index in [0.29, 0.717) is 37.5 Å². The van der Waals surface area contributed by atoms with E-state index in [1.54, 1.807) is 18.2 Å². The zero-order chi connectivity index (χ0) is 17.8. The number of methoxy groups -OCH3 is 2. The number of hydrogen-bond acceptors (Lipinski definition) is 5. The summed E-state index contributed by atoms with van der Waals surface area (Å²) in [5.41, 5.74) is 0.425. The lowest BCUT2D eigenvalue weighted by Gasteiger charge is -2.35. The second-order valence-corrected chi connectivity index (χ2v) is 5.68. The first-order chi connectivity index (χ1) is 12.1. The maximum atomic E-state index is 13.5. The fourth-order valence-electron chi connectivity index (χ4n) is 2.79. The van der Waals surface area contributed by atoms with Crippen LogP contribution < -0.4 is 14.4 Å². The average molecular weight is 345 g/mol. The number of anilines is 1. The number of nitrogens with zero attached hydrogens (tertiary/aromatic N) is 3. The molecule has 1 saturated heterocycles. The van der Waals surface area contributed by atoms with Crippen molar-refractivity contribution >= 4 is 11.7 Å². The van der Waals surface area contributed by atoms with Crippen LogP contribution in [-0.4, -0.2) is 56.2 Å².